The summed E-state index contributed by atoms with van der Waals surface area (Å²) in [6.45, 7) is 1.88. The summed E-state index contributed by atoms with van der Waals surface area (Å²) in [6, 6.07) is 11.7. The Morgan fingerprint density at radius 2 is 1.90 bits per heavy atom. The second kappa shape index (κ2) is 4.65. The average Bonchev–Trinajstić information content (AvgIpc) is 2.40. The van der Waals surface area contributed by atoms with Crippen molar-refractivity contribution in [2.24, 2.45) is 0 Å². The van der Waals surface area contributed by atoms with E-state index in [9.17, 15) is 9.59 Å². The fourth-order valence-corrected chi connectivity index (χ4v) is 2.26. The number of hydrogen-bond acceptors (Lipinski definition) is 3. The Balaban J connectivity index is 2.42. The molecule has 100 valence electrons. The first-order chi connectivity index (χ1) is 9.56. The second-order valence-electron chi connectivity index (χ2n) is 4.49. The van der Waals surface area contributed by atoms with Crippen LogP contribution in [0.25, 0.3) is 16.7 Å². The van der Waals surface area contributed by atoms with E-state index in [0.717, 1.165) is 10.1 Å². The van der Waals surface area contributed by atoms with Gasteiger partial charge in [-0.25, -0.2) is 9.36 Å². The minimum atomic E-state index is -0.713. The molecular formula is C15H10ClNO3. The molecule has 0 aliphatic carbocycles. The zero-order chi connectivity index (χ0) is 14.3. The van der Waals surface area contributed by atoms with E-state index in [-0.39, 0.29) is 11.0 Å². The summed E-state index contributed by atoms with van der Waals surface area (Å²) >= 11 is 5.89. The van der Waals surface area contributed by atoms with Gasteiger partial charge >= 0.3 is 5.76 Å². The molecule has 20 heavy (non-hydrogen) atoms. The number of nitrogens with zero attached hydrogens (tertiary/aromatic N) is 1. The lowest BCUT2D eigenvalue weighted by molar-refractivity contribution is 0.504. The van der Waals surface area contributed by atoms with E-state index in [2.05, 4.69) is 0 Å². The van der Waals surface area contributed by atoms with Crippen LogP contribution in [0.15, 0.2) is 56.5 Å². The Kier molecular flexibility index (Phi) is 2.95. The van der Waals surface area contributed by atoms with Gasteiger partial charge in [0.2, 0.25) is 0 Å². The van der Waals surface area contributed by atoms with Crippen LogP contribution in [0.4, 0.5) is 0 Å². The van der Waals surface area contributed by atoms with Crippen molar-refractivity contribution in [3.8, 4) is 5.69 Å². The minimum absolute atomic E-state index is 0.230. The number of rotatable bonds is 1. The SMILES string of the molecule is Cc1cccc(-n2c(=O)oc3ccc(Cl)cc3c2=O)c1. The molecular weight excluding hydrogens is 278 g/mol. The van der Waals surface area contributed by atoms with Gasteiger partial charge in [-0.05, 0) is 42.8 Å². The Hall–Kier alpha value is -2.33. The van der Waals surface area contributed by atoms with Crippen molar-refractivity contribution in [3.05, 3.63) is 74.0 Å². The molecule has 0 saturated heterocycles. The van der Waals surface area contributed by atoms with Crippen molar-refractivity contribution < 1.29 is 4.42 Å². The van der Waals surface area contributed by atoms with Crippen LogP contribution in [-0.2, 0) is 0 Å². The second-order valence-corrected chi connectivity index (χ2v) is 4.92. The molecule has 0 amide bonds. The summed E-state index contributed by atoms with van der Waals surface area (Å²) in [7, 11) is 0. The third kappa shape index (κ3) is 2.04. The van der Waals surface area contributed by atoms with E-state index in [1.54, 1.807) is 24.3 Å². The highest BCUT2D eigenvalue weighted by atomic mass is 35.5. The summed E-state index contributed by atoms with van der Waals surface area (Å²) in [5.74, 6) is -0.713. The molecule has 0 saturated carbocycles. The normalized spacial score (nSPS) is 10.9. The summed E-state index contributed by atoms with van der Waals surface area (Å²) in [4.78, 5) is 24.5. The van der Waals surface area contributed by atoms with Gasteiger partial charge < -0.3 is 4.42 Å². The first-order valence-electron chi connectivity index (χ1n) is 5.99. The number of hydrogen-bond donors (Lipinski definition) is 0. The van der Waals surface area contributed by atoms with E-state index in [4.69, 9.17) is 16.0 Å². The van der Waals surface area contributed by atoms with E-state index in [1.807, 2.05) is 13.0 Å². The van der Waals surface area contributed by atoms with Gasteiger partial charge in [-0.2, -0.15) is 0 Å². The Labute approximate surface area is 118 Å². The summed E-state index contributed by atoms with van der Waals surface area (Å²) in [5.41, 5.74) is 1.21. The van der Waals surface area contributed by atoms with Crippen LogP contribution >= 0.6 is 11.6 Å². The van der Waals surface area contributed by atoms with Crippen molar-refractivity contribution in [1.82, 2.24) is 4.57 Å². The molecule has 3 rings (SSSR count). The zero-order valence-corrected chi connectivity index (χ0v) is 11.3. The summed E-state index contributed by atoms with van der Waals surface area (Å²) in [5, 5.41) is 0.692. The van der Waals surface area contributed by atoms with Gasteiger partial charge in [0, 0.05) is 5.02 Å². The lowest BCUT2D eigenvalue weighted by Crippen LogP contribution is -2.30. The van der Waals surface area contributed by atoms with Gasteiger partial charge in [-0.1, -0.05) is 23.7 Å². The molecule has 3 aromatic rings. The van der Waals surface area contributed by atoms with Crippen LogP contribution in [0, 0.1) is 6.92 Å². The van der Waals surface area contributed by atoms with Crippen molar-refractivity contribution in [2.45, 2.75) is 6.92 Å². The van der Waals surface area contributed by atoms with E-state index >= 15 is 0 Å². The molecule has 0 aliphatic rings. The zero-order valence-electron chi connectivity index (χ0n) is 10.6. The molecule has 0 fully saturated rings. The highest BCUT2D eigenvalue weighted by molar-refractivity contribution is 6.31. The maximum atomic E-state index is 12.5. The lowest BCUT2D eigenvalue weighted by Gasteiger charge is -2.06. The third-order valence-electron chi connectivity index (χ3n) is 3.01. The summed E-state index contributed by atoms with van der Waals surface area (Å²) in [6.07, 6.45) is 0. The molecule has 1 heterocycles. The lowest BCUT2D eigenvalue weighted by atomic mass is 10.2. The standard InChI is InChI=1S/C15H10ClNO3/c1-9-3-2-4-11(7-9)17-14(18)12-8-10(16)5-6-13(12)20-15(17)19/h2-8H,1H3. The van der Waals surface area contributed by atoms with E-state index in [1.165, 1.54) is 12.1 Å². The van der Waals surface area contributed by atoms with Crippen LogP contribution in [0.3, 0.4) is 0 Å². The molecule has 0 atom stereocenters. The fraction of sp³-hybridized carbons (Fsp3) is 0.0667. The smallest absolute Gasteiger partial charge is 0.409 e. The number of aromatic nitrogens is 1. The minimum Gasteiger partial charge on any atom is -0.409 e. The van der Waals surface area contributed by atoms with Crippen LogP contribution in [0.5, 0.6) is 0 Å². The van der Waals surface area contributed by atoms with E-state index in [0.29, 0.717) is 10.7 Å². The molecule has 2 aromatic carbocycles. The maximum Gasteiger partial charge on any atom is 0.426 e. The molecule has 0 N–H and O–H groups in total. The van der Waals surface area contributed by atoms with Crippen LogP contribution in [0.1, 0.15) is 5.56 Å². The summed E-state index contributed by atoms with van der Waals surface area (Å²) < 4.78 is 6.18. The average molecular weight is 288 g/mol. The predicted molar refractivity (Wildman–Crippen MR) is 77.8 cm³/mol. The number of benzene rings is 2. The van der Waals surface area contributed by atoms with Crippen LogP contribution in [-0.4, -0.2) is 4.57 Å². The fourth-order valence-electron chi connectivity index (χ4n) is 2.09. The third-order valence-corrected chi connectivity index (χ3v) is 3.25. The number of fused-ring (bicyclic) bond motifs is 1. The Bertz CT molecular complexity index is 924. The van der Waals surface area contributed by atoms with Gasteiger partial charge in [0.05, 0.1) is 11.1 Å². The first-order valence-corrected chi connectivity index (χ1v) is 6.36. The molecule has 4 nitrogen and oxygen atoms in total. The topological polar surface area (TPSA) is 52.2 Å². The Morgan fingerprint density at radius 1 is 1.10 bits per heavy atom. The van der Waals surface area contributed by atoms with Crippen molar-refractivity contribution in [2.75, 3.05) is 0 Å². The molecule has 1 aromatic heterocycles. The van der Waals surface area contributed by atoms with Crippen LogP contribution < -0.4 is 11.3 Å². The van der Waals surface area contributed by atoms with Gasteiger partial charge in [-0.15, -0.1) is 0 Å². The van der Waals surface area contributed by atoms with E-state index < -0.39 is 11.3 Å². The van der Waals surface area contributed by atoms with Gasteiger partial charge in [0.15, 0.2) is 0 Å². The Morgan fingerprint density at radius 3 is 2.65 bits per heavy atom. The molecule has 0 aliphatic heterocycles. The molecule has 0 spiro atoms. The number of halogens is 1. The van der Waals surface area contributed by atoms with Crippen molar-refractivity contribution >= 4 is 22.6 Å². The number of aryl methyl sites for hydroxylation is 1. The predicted octanol–water partition coefficient (Wildman–Crippen LogP) is 2.91. The van der Waals surface area contributed by atoms with Crippen molar-refractivity contribution in [1.29, 1.82) is 0 Å². The molecule has 5 heteroatoms. The quantitative estimate of drug-likeness (QED) is 0.691. The van der Waals surface area contributed by atoms with Gasteiger partial charge in [-0.3, -0.25) is 4.79 Å². The molecule has 0 radical (unpaired) electrons. The molecule has 0 unspecified atom stereocenters. The highest BCUT2D eigenvalue weighted by Crippen LogP contribution is 2.16. The van der Waals surface area contributed by atoms with Gasteiger partial charge in [0.25, 0.3) is 5.56 Å². The first kappa shape index (κ1) is 12.7. The molecule has 0 bridgehead atoms. The maximum absolute atomic E-state index is 12.5. The van der Waals surface area contributed by atoms with Gasteiger partial charge in [0.1, 0.15) is 5.58 Å². The highest BCUT2D eigenvalue weighted by Gasteiger charge is 2.11. The monoisotopic (exact) mass is 287 g/mol. The van der Waals surface area contributed by atoms with Crippen molar-refractivity contribution in [3.63, 3.8) is 0 Å². The largest absolute Gasteiger partial charge is 0.426 e. The van der Waals surface area contributed by atoms with Crippen LogP contribution in [0.2, 0.25) is 5.02 Å².